The zero-order valence-corrected chi connectivity index (χ0v) is 20.8. The van der Waals surface area contributed by atoms with E-state index in [9.17, 15) is 0 Å². The van der Waals surface area contributed by atoms with Crippen molar-refractivity contribution in [1.82, 2.24) is 15.5 Å². The molecule has 1 aliphatic rings. The highest BCUT2D eigenvalue weighted by Gasteiger charge is 2.11. The normalized spacial score (nSPS) is 15.4. The van der Waals surface area contributed by atoms with Gasteiger partial charge in [0.25, 0.3) is 0 Å². The number of benzene rings is 1. The molecular weight excluding hydrogens is 475 g/mol. The molecule has 0 aromatic heterocycles. The summed E-state index contributed by atoms with van der Waals surface area (Å²) in [5.74, 6) is 0.906. The minimum Gasteiger partial charge on any atom is -0.382 e. The Morgan fingerprint density at radius 3 is 2.41 bits per heavy atom. The monoisotopic (exact) mass is 516 g/mol. The van der Waals surface area contributed by atoms with E-state index in [4.69, 9.17) is 9.73 Å². The molecule has 1 aromatic carbocycles. The quantitative estimate of drug-likeness (QED) is 0.196. The number of ether oxygens (including phenoxy) is 1. The van der Waals surface area contributed by atoms with Crippen molar-refractivity contribution in [3.8, 4) is 0 Å². The van der Waals surface area contributed by atoms with Gasteiger partial charge in [-0.05, 0) is 63.7 Å². The van der Waals surface area contributed by atoms with Crippen LogP contribution in [-0.4, -0.2) is 50.3 Å². The lowest BCUT2D eigenvalue weighted by molar-refractivity contribution is 0.143. The SMILES string of the molecule is CCNC(=NCc1ccccc1CN1CCCCCC1)NCCCCOCC.I. The van der Waals surface area contributed by atoms with Gasteiger partial charge in [-0.1, -0.05) is 37.1 Å². The molecule has 0 amide bonds. The fourth-order valence-electron chi connectivity index (χ4n) is 3.59. The van der Waals surface area contributed by atoms with E-state index in [0.717, 1.165) is 58.2 Å². The van der Waals surface area contributed by atoms with Crippen LogP contribution in [0.4, 0.5) is 0 Å². The maximum Gasteiger partial charge on any atom is 0.191 e. The fourth-order valence-corrected chi connectivity index (χ4v) is 3.59. The van der Waals surface area contributed by atoms with E-state index in [1.165, 1.54) is 49.9 Å². The van der Waals surface area contributed by atoms with Crippen LogP contribution in [0, 0.1) is 0 Å². The lowest BCUT2D eigenvalue weighted by atomic mass is 10.1. The second kappa shape index (κ2) is 16.9. The lowest BCUT2D eigenvalue weighted by Gasteiger charge is -2.21. The summed E-state index contributed by atoms with van der Waals surface area (Å²) in [7, 11) is 0. The van der Waals surface area contributed by atoms with Crippen LogP contribution in [0.5, 0.6) is 0 Å². The topological polar surface area (TPSA) is 48.9 Å². The Kier molecular flexibility index (Phi) is 15.2. The van der Waals surface area contributed by atoms with Gasteiger partial charge in [0, 0.05) is 32.8 Å². The number of guanidine groups is 1. The van der Waals surface area contributed by atoms with Gasteiger partial charge in [-0.25, -0.2) is 4.99 Å². The third kappa shape index (κ3) is 11.2. The second-order valence-corrected chi connectivity index (χ2v) is 7.49. The van der Waals surface area contributed by atoms with Crippen LogP contribution in [0.1, 0.15) is 63.5 Å². The van der Waals surface area contributed by atoms with Crippen LogP contribution in [0.15, 0.2) is 29.3 Å². The van der Waals surface area contributed by atoms with E-state index in [2.05, 4.69) is 46.7 Å². The summed E-state index contributed by atoms with van der Waals surface area (Å²) >= 11 is 0. The Labute approximate surface area is 195 Å². The summed E-state index contributed by atoms with van der Waals surface area (Å²) in [6, 6.07) is 8.78. The highest BCUT2D eigenvalue weighted by Crippen LogP contribution is 2.16. The molecule has 1 aliphatic heterocycles. The minimum atomic E-state index is 0. The third-order valence-electron chi connectivity index (χ3n) is 5.17. The highest BCUT2D eigenvalue weighted by molar-refractivity contribution is 14.0. The predicted octanol–water partition coefficient (Wildman–Crippen LogP) is 4.55. The molecular formula is C23H41IN4O. The van der Waals surface area contributed by atoms with E-state index in [1.54, 1.807) is 0 Å². The summed E-state index contributed by atoms with van der Waals surface area (Å²) in [6.07, 6.45) is 7.60. The average Bonchev–Trinajstić information content (AvgIpc) is 2.98. The van der Waals surface area contributed by atoms with Crippen molar-refractivity contribution >= 4 is 29.9 Å². The van der Waals surface area contributed by atoms with Crippen molar-refractivity contribution in [2.24, 2.45) is 4.99 Å². The van der Waals surface area contributed by atoms with Crippen LogP contribution in [0.3, 0.4) is 0 Å². The van der Waals surface area contributed by atoms with Gasteiger partial charge in [-0.3, -0.25) is 4.90 Å². The van der Waals surface area contributed by atoms with Crippen LogP contribution in [-0.2, 0) is 17.8 Å². The summed E-state index contributed by atoms with van der Waals surface area (Å²) in [5, 5.41) is 6.81. The smallest absolute Gasteiger partial charge is 0.191 e. The molecule has 1 saturated heterocycles. The maximum absolute atomic E-state index is 5.40. The van der Waals surface area contributed by atoms with Crippen molar-refractivity contribution in [3.63, 3.8) is 0 Å². The molecule has 0 radical (unpaired) electrons. The van der Waals surface area contributed by atoms with E-state index in [-0.39, 0.29) is 24.0 Å². The van der Waals surface area contributed by atoms with Gasteiger partial charge in [0.15, 0.2) is 5.96 Å². The molecule has 0 saturated carbocycles. The Morgan fingerprint density at radius 2 is 1.72 bits per heavy atom. The number of aliphatic imine (C=N–C) groups is 1. The van der Waals surface area contributed by atoms with E-state index in [0.29, 0.717) is 0 Å². The number of hydrogen-bond acceptors (Lipinski definition) is 3. The van der Waals surface area contributed by atoms with Crippen molar-refractivity contribution in [1.29, 1.82) is 0 Å². The third-order valence-corrected chi connectivity index (χ3v) is 5.17. The molecule has 0 atom stereocenters. The van der Waals surface area contributed by atoms with Gasteiger partial charge >= 0.3 is 0 Å². The van der Waals surface area contributed by atoms with E-state index < -0.39 is 0 Å². The molecule has 0 unspecified atom stereocenters. The van der Waals surface area contributed by atoms with Gasteiger partial charge in [0.1, 0.15) is 0 Å². The predicted molar refractivity (Wildman–Crippen MR) is 134 cm³/mol. The van der Waals surface area contributed by atoms with Gasteiger partial charge in [0.2, 0.25) is 0 Å². The largest absolute Gasteiger partial charge is 0.382 e. The number of halogens is 1. The maximum atomic E-state index is 5.40. The standard InChI is InChI=1S/C23H40N4O.HI/c1-3-24-23(25-15-9-12-18-28-4-2)26-19-21-13-7-8-14-22(21)20-27-16-10-5-6-11-17-27;/h7-8,13-14H,3-6,9-12,15-20H2,1-2H3,(H2,24,25,26);1H. The summed E-state index contributed by atoms with van der Waals surface area (Å²) in [4.78, 5) is 7.44. The summed E-state index contributed by atoms with van der Waals surface area (Å²) in [6.45, 7) is 11.8. The first kappa shape index (κ1) is 26.2. The number of nitrogens with zero attached hydrogens (tertiary/aromatic N) is 2. The lowest BCUT2D eigenvalue weighted by Crippen LogP contribution is -2.37. The molecule has 2 rings (SSSR count). The zero-order chi connectivity index (χ0) is 19.9. The zero-order valence-electron chi connectivity index (χ0n) is 18.4. The number of hydrogen-bond donors (Lipinski definition) is 2. The first-order valence-corrected chi connectivity index (χ1v) is 11.2. The number of rotatable bonds is 11. The Bertz CT molecular complexity index is 560. The molecule has 0 bridgehead atoms. The first-order valence-electron chi connectivity index (χ1n) is 11.2. The van der Waals surface area contributed by atoms with Crippen molar-refractivity contribution < 1.29 is 4.74 Å². The second-order valence-electron chi connectivity index (χ2n) is 7.49. The minimum absolute atomic E-state index is 0. The molecule has 1 aromatic rings. The van der Waals surface area contributed by atoms with E-state index in [1.807, 2.05) is 6.92 Å². The van der Waals surface area contributed by atoms with Gasteiger partial charge in [-0.15, -0.1) is 24.0 Å². The Balaban J connectivity index is 0.00000420. The number of nitrogens with one attached hydrogen (secondary N) is 2. The van der Waals surface area contributed by atoms with Crippen LogP contribution >= 0.6 is 24.0 Å². The molecule has 2 N–H and O–H groups in total. The van der Waals surface area contributed by atoms with Gasteiger partial charge in [-0.2, -0.15) is 0 Å². The average molecular weight is 517 g/mol. The number of likely N-dealkylation sites (tertiary alicyclic amines) is 1. The Hall–Kier alpha value is -0.860. The molecule has 6 heteroatoms. The molecule has 166 valence electrons. The molecule has 29 heavy (non-hydrogen) atoms. The van der Waals surface area contributed by atoms with Crippen molar-refractivity contribution in [3.05, 3.63) is 35.4 Å². The molecule has 0 spiro atoms. The molecule has 0 aliphatic carbocycles. The molecule has 5 nitrogen and oxygen atoms in total. The van der Waals surface area contributed by atoms with Crippen molar-refractivity contribution in [2.75, 3.05) is 39.4 Å². The first-order chi connectivity index (χ1) is 13.8. The van der Waals surface area contributed by atoms with Crippen LogP contribution in [0.25, 0.3) is 0 Å². The summed E-state index contributed by atoms with van der Waals surface area (Å²) in [5.41, 5.74) is 2.75. The van der Waals surface area contributed by atoms with Crippen molar-refractivity contribution in [2.45, 2.75) is 65.5 Å². The van der Waals surface area contributed by atoms with Gasteiger partial charge in [0.05, 0.1) is 6.54 Å². The van der Waals surface area contributed by atoms with E-state index >= 15 is 0 Å². The summed E-state index contributed by atoms with van der Waals surface area (Å²) < 4.78 is 5.40. The fraction of sp³-hybridized carbons (Fsp3) is 0.696. The number of unbranched alkanes of at least 4 members (excludes halogenated alkanes) is 1. The van der Waals surface area contributed by atoms with Gasteiger partial charge < -0.3 is 15.4 Å². The van der Waals surface area contributed by atoms with Crippen LogP contribution < -0.4 is 10.6 Å². The molecule has 1 heterocycles. The molecule has 1 fully saturated rings. The Morgan fingerprint density at radius 1 is 1.00 bits per heavy atom. The highest BCUT2D eigenvalue weighted by atomic mass is 127. The van der Waals surface area contributed by atoms with Crippen LogP contribution in [0.2, 0.25) is 0 Å².